The first-order valence-corrected chi connectivity index (χ1v) is 8.01. The number of benzene rings is 1. The summed E-state index contributed by atoms with van der Waals surface area (Å²) in [5, 5.41) is 3.17. The van der Waals surface area contributed by atoms with Crippen molar-refractivity contribution in [2.24, 2.45) is 5.73 Å². The van der Waals surface area contributed by atoms with Gasteiger partial charge in [0.1, 0.15) is 14.8 Å². The second kappa shape index (κ2) is 5.67. The summed E-state index contributed by atoms with van der Waals surface area (Å²) in [5.41, 5.74) is 8.19. The number of hydrogen-bond donors (Lipinski definition) is 2. The highest BCUT2D eigenvalue weighted by molar-refractivity contribution is 7.90. The van der Waals surface area contributed by atoms with Crippen molar-refractivity contribution < 1.29 is 8.42 Å². The van der Waals surface area contributed by atoms with E-state index in [-0.39, 0.29) is 11.8 Å². The van der Waals surface area contributed by atoms with E-state index in [0.717, 1.165) is 16.8 Å². The van der Waals surface area contributed by atoms with Crippen LogP contribution in [0, 0.1) is 6.92 Å². The molecule has 0 saturated carbocycles. The van der Waals surface area contributed by atoms with Gasteiger partial charge in [-0.05, 0) is 25.5 Å². The number of anilines is 1. The van der Waals surface area contributed by atoms with Crippen LogP contribution in [0.25, 0.3) is 0 Å². The minimum absolute atomic E-state index is 0.0676. The third kappa shape index (κ3) is 4.27. The fourth-order valence-electron chi connectivity index (χ4n) is 1.81. The third-order valence-electron chi connectivity index (χ3n) is 2.48. The second-order valence-corrected chi connectivity index (χ2v) is 7.12. The molecule has 100 valence electrons. The maximum absolute atomic E-state index is 11.2. The van der Waals surface area contributed by atoms with Gasteiger partial charge in [0.05, 0.1) is 5.75 Å². The maximum Gasteiger partial charge on any atom is 0.149 e. The first kappa shape index (κ1) is 14.9. The number of nitrogens with two attached hydrogens (primary N) is 1. The van der Waals surface area contributed by atoms with Gasteiger partial charge < -0.3 is 11.1 Å². The van der Waals surface area contributed by atoms with E-state index in [1.807, 2.05) is 32.0 Å². The SMILES string of the molecule is Cc1cccc(C(N)=S)c1NC(C)CS(C)(=O)=O. The molecule has 0 radical (unpaired) electrons. The standard InChI is InChI=1S/C12H18N2O2S2/c1-8-5-4-6-10(12(13)17)11(8)14-9(2)7-18(3,15)16/h4-6,9,14H,7H2,1-3H3,(H2,13,17). The molecule has 0 saturated heterocycles. The lowest BCUT2D eigenvalue weighted by atomic mass is 10.1. The molecule has 1 unspecified atom stereocenters. The zero-order valence-electron chi connectivity index (χ0n) is 10.7. The van der Waals surface area contributed by atoms with Crippen molar-refractivity contribution >= 4 is 32.7 Å². The highest BCUT2D eigenvalue weighted by atomic mass is 32.2. The number of aryl methyl sites for hydroxylation is 1. The summed E-state index contributed by atoms with van der Waals surface area (Å²) < 4.78 is 22.5. The van der Waals surface area contributed by atoms with Gasteiger partial charge in [-0.2, -0.15) is 0 Å². The number of nitrogens with one attached hydrogen (secondary N) is 1. The van der Waals surface area contributed by atoms with Crippen LogP contribution in [0.5, 0.6) is 0 Å². The zero-order chi connectivity index (χ0) is 13.9. The molecule has 18 heavy (non-hydrogen) atoms. The van der Waals surface area contributed by atoms with Gasteiger partial charge in [-0.15, -0.1) is 0 Å². The molecule has 0 heterocycles. The Morgan fingerprint density at radius 1 is 1.50 bits per heavy atom. The molecule has 0 amide bonds. The minimum Gasteiger partial charge on any atom is -0.389 e. The normalized spacial score (nSPS) is 13.1. The fraction of sp³-hybridized carbons (Fsp3) is 0.417. The van der Waals surface area contributed by atoms with Crippen molar-refractivity contribution in [3.8, 4) is 0 Å². The van der Waals surface area contributed by atoms with E-state index in [1.165, 1.54) is 6.26 Å². The van der Waals surface area contributed by atoms with Gasteiger partial charge in [-0.1, -0.05) is 24.4 Å². The van der Waals surface area contributed by atoms with E-state index in [1.54, 1.807) is 0 Å². The lowest BCUT2D eigenvalue weighted by Crippen LogP contribution is -2.27. The van der Waals surface area contributed by atoms with Crippen molar-refractivity contribution in [1.29, 1.82) is 0 Å². The molecule has 0 spiro atoms. The van der Waals surface area contributed by atoms with E-state index in [2.05, 4.69) is 5.32 Å². The summed E-state index contributed by atoms with van der Waals surface area (Å²) in [7, 11) is -3.02. The number of para-hydroxylation sites is 1. The van der Waals surface area contributed by atoms with Crippen molar-refractivity contribution in [3.63, 3.8) is 0 Å². The van der Waals surface area contributed by atoms with Crippen LogP contribution in [0.1, 0.15) is 18.1 Å². The molecule has 0 aliphatic rings. The molecule has 4 nitrogen and oxygen atoms in total. The molecule has 1 atom stereocenters. The molecule has 1 aromatic rings. The second-order valence-electron chi connectivity index (χ2n) is 4.50. The Hall–Kier alpha value is -1.14. The molecule has 6 heteroatoms. The maximum atomic E-state index is 11.2. The van der Waals surface area contributed by atoms with Crippen molar-refractivity contribution in [1.82, 2.24) is 0 Å². The van der Waals surface area contributed by atoms with Crippen LogP contribution in [0.4, 0.5) is 5.69 Å². The van der Waals surface area contributed by atoms with E-state index >= 15 is 0 Å². The summed E-state index contributed by atoms with van der Waals surface area (Å²) in [6.45, 7) is 3.74. The highest BCUT2D eigenvalue weighted by Crippen LogP contribution is 2.21. The van der Waals surface area contributed by atoms with E-state index < -0.39 is 9.84 Å². The summed E-state index contributed by atoms with van der Waals surface area (Å²) in [6.07, 6.45) is 1.22. The predicted octanol–water partition coefficient (Wildman–Crippen LogP) is 1.47. The highest BCUT2D eigenvalue weighted by Gasteiger charge is 2.14. The van der Waals surface area contributed by atoms with E-state index in [0.29, 0.717) is 4.99 Å². The minimum atomic E-state index is -3.02. The summed E-state index contributed by atoms with van der Waals surface area (Å²) >= 11 is 4.99. The van der Waals surface area contributed by atoms with Crippen molar-refractivity contribution in [3.05, 3.63) is 29.3 Å². The smallest absolute Gasteiger partial charge is 0.149 e. The molecule has 0 fully saturated rings. The van der Waals surface area contributed by atoms with Gasteiger partial charge in [0.15, 0.2) is 0 Å². The van der Waals surface area contributed by atoms with Gasteiger partial charge in [-0.25, -0.2) is 8.42 Å². The quantitative estimate of drug-likeness (QED) is 0.802. The Bertz CT molecular complexity index is 553. The molecular weight excluding hydrogens is 268 g/mol. The lowest BCUT2D eigenvalue weighted by Gasteiger charge is -2.19. The molecule has 1 rings (SSSR count). The Labute approximate surface area is 113 Å². The molecule has 0 aliphatic heterocycles. The van der Waals surface area contributed by atoms with Gasteiger partial charge in [-0.3, -0.25) is 0 Å². The van der Waals surface area contributed by atoms with Gasteiger partial charge in [0.2, 0.25) is 0 Å². The Morgan fingerprint density at radius 2 is 2.11 bits per heavy atom. The van der Waals surface area contributed by atoms with Crippen LogP contribution in [-0.4, -0.2) is 31.5 Å². The molecule has 0 aliphatic carbocycles. The molecule has 1 aromatic carbocycles. The first-order chi connectivity index (χ1) is 8.20. The Balaban J connectivity index is 3.00. The van der Waals surface area contributed by atoms with Gasteiger partial charge in [0, 0.05) is 23.5 Å². The predicted molar refractivity (Wildman–Crippen MR) is 79.9 cm³/mol. The van der Waals surface area contributed by atoms with Crippen LogP contribution in [-0.2, 0) is 9.84 Å². The lowest BCUT2D eigenvalue weighted by molar-refractivity contribution is 0.598. The fourth-order valence-corrected chi connectivity index (χ4v) is 2.97. The Kier molecular flexibility index (Phi) is 4.70. The van der Waals surface area contributed by atoms with Crippen LogP contribution >= 0.6 is 12.2 Å². The zero-order valence-corrected chi connectivity index (χ0v) is 12.4. The average Bonchev–Trinajstić information content (AvgIpc) is 2.17. The number of rotatable bonds is 5. The summed E-state index contributed by atoms with van der Waals surface area (Å²) in [4.78, 5) is 0.299. The van der Waals surface area contributed by atoms with Gasteiger partial charge in [0.25, 0.3) is 0 Å². The third-order valence-corrected chi connectivity index (χ3v) is 3.81. The Morgan fingerprint density at radius 3 is 2.61 bits per heavy atom. The first-order valence-electron chi connectivity index (χ1n) is 5.54. The molecule has 0 aromatic heterocycles. The number of sulfone groups is 1. The van der Waals surface area contributed by atoms with Crippen LogP contribution in [0.15, 0.2) is 18.2 Å². The summed E-state index contributed by atoms with van der Waals surface area (Å²) in [5.74, 6) is 0.0676. The van der Waals surface area contributed by atoms with Crippen LogP contribution in [0.2, 0.25) is 0 Å². The van der Waals surface area contributed by atoms with Crippen molar-refractivity contribution in [2.75, 3.05) is 17.3 Å². The molecule has 0 bridgehead atoms. The van der Waals surface area contributed by atoms with Gasteiger partial charge >= 0.3 is 0 Å². The topological polar surface area (TPSA) is 72.2 Å². The number of thiocarbonyl (C=S) groups is 1. The van der Waals surface area contributed by atoms with E-state index in [9.17, 15) is 8.42 Å². The van der Waals surface area contributed by atoms with Crippen LogP contribution in [0.3, 0.4) is 0 Å². The van der Waals surface area contributed by atoms with Crippen molar-refractivity contribution in [2.45, 2.75) is 19.9 Å². The largest absolute Gasteiger partial charge is 0.389 e. The molecule has 3 N–H and O–H groups in total. The van der Waals surface area contributed by atoms with E-state index in [4.69, 9.17) is 18.0 Å². The molecular formula is C12H18N2O2S2. The van der Waals surface area contributed by atoms with Crippen LogP contribution < -0.4 is 11.1 Å². The summed E-state index contributed by atoms with van der Waals surface area (Å²) in [6, 6.07) is 5.42. The monoisotopic (exact) mass is 286 g/mol. The average molecular weight is 286 g/mol. The number of hydrogen-bond acceptors (Lipinski definition) is 4.